The second-order valence-corrected chi connectivity index (χ2v) is 6.03. The summed E-state index contributed by atoms with van der Waals surface area (Å²) >= 11 is 0. The van der Waals surface area contributed by atoms with Gasteiger partial charge in [-0.3, -0.25) is 4.52 Å². The molecule has 0 aromatic heterocycles. The van der Waals surface area contributed by atoms with Crippen molar-refractivity contribution in [1.82, 2.24) is 0 Å². The summed E-state index contributed by atoms with van der Waals surface area (Å²) < 4.78 is 15.5. The van der Waals surface area contributed by atoms with Gasteiger partial charge in [0.2, 0.25) is 0 Å². The molecule has 0 aliphatic rings. The third kappa shape index (κ3) is 7.29. The lowest BCUT2D eigenvalue weighted by molar-refractivity contribution is -0.873. The quantitative estimate of drug-likeness (QED) is 0.356. The average molecular weight is 258 g/mol. The minimum atomic E-state index is -4.68. The van der Waals surface area contributed by atoms with Crippen LogP contribution in [-0.4, -0.2) is 70.5 Å². The van der Waals surface area contributed by atoms with Crippen LogP contribution in [0.5, 0.6) is 0 Å². The number of quaternary nitrogens is 1. The van der Waals surface area contributed by atoms with Crippen LogP contribution in [0.25, 0.3) is 0 Å². The van der Waals surface area contributed by atoms with E-state index in [-0.39, 0.29) is 6.54 Å². The highest BCUT2D eigenvalue weighted by Crippen LogP contribution is 2.38. The van der Waals surface area contributed by atoms with Crippen molar-refractivity contribution in [3.8, 4) is 0 Å². The van der Waals surface area contributed by atoms with E-state index < -0.39 is 26.1 Å². The van der Waals surface area contributed by atoms with Gasteiger partial charge in [0, 0.05) is 0 Å². The number of phosphoric ester groups is 1. The maximum absolute atomic E-state index is 10.7. The number of nitrogens with zero attached hydrogens (tertiary/aromatic N) is 1. The number of likely N-dealkylation sites (N-methyl/N-ethyl adjacent to an activating group) is 1. The van der Waals surface area contributed by atoms with Gasteiger partial charge >= 0.3 is 7.82 Å². The molecule has 0 spiro atoms. The van der Waals surface area contributed by atoms with E-state index in [1.54, 1.807) is 21.1 Å². The molecule has 0 saturated heterocycles. The van der Waals surface area contributed by atoms with Crippen molar-refractivity contribution in [3.63, 3.8) is 0 Å². The first-order valence-electron chi connectivity index (χ1n) is 4.83. The Labute approximate surface area is 95.1 Å². The molecular weight excluding hydrogens is 237 g/mol. The van der Waals surface area contributed by atoms with Crippen molar-refractivity contribution in [2.75, 3.05) is 27.7 Å². The van der Waals surface area contributed by atoms with Gasteiger partial charge in [0.25, 0.3) is 0 Å². The van der Waals surface area contributed by atoms with Gasteiger partial charge in [-0.1, -0.05) is 0 Å². The molecule has 4 N–H and O–H groups in total. The Morgan fingerprint density at radius 1 is 1.25 bits per heavy atom. The van der Waals surface area contributed by atoms with Crippen molar-refractivity contribution in [2.45, 2.75) is 25.2 Å². The molecule has 16 heavy (non-hydrogen) atoms. The third-order valence-corrected chi connectivity index (χ3v) is 2.42. The molecule has 0 bridgehead atoms. The van der Waals surface area contributed by atoms with Crippen LogP contribution in [0.3, 0.4) is 0 Å². The lowest BCUT2D eigenvalue weighted by Crippen LogP contribution is -2.49. The largest absolute Gasteiger partial charge is 0.470 e. The summed E-state index contributed by atoms with van der Waals surface area (Å²) in [5.41, 5.74) is 0. The van der Waals surface area contributed by atoms with Crippen LogP contribution in [-0.2, 0) is 9.09 Å². The molecule has 3 unspecified atom stereocenters. The summed E-state index contributed by atoms with van der Waals surface area (Å²) in [4.78, 5) is 17.4. The number of hydrogen-bond donors (Lipinski definition) is 4. The van der Waals surface area contributed by atoms with Crippen LogP contribution < -0.4 is 0 Å². The topological polar surface area (TPSA) is 107 Å². The molecule has 0 amide bonds. The van der Waals surface area contributed by atoms with E-state index in [4.69, 9.17) is 9.79 Å². The summed E-state index contributed by atoms with van der Waals surface area (Å²) in [5, 5.41) is 18.8. The van der Waals surface area contributed by atoms with E-state index in [9.17, 15) is 14.8 Å². The molecule has 0 radical (unpaired) electrons. The first-order chi connectivity index (χ1) is 6.92. The number of phosphoric acid groups is 1. The van der Waals surface area contributed by atoms with Gasteiger partial charge in [-0.25, -0.2) is 4.57 Å². The average Bonchev–Trinajstić information content (AvgIpc) is 1.95. The van der Waals surface area contributed by atoms with Crippen molar-refractivity contribution in [1.29, 1.82) is 0 Å². The van der Waals surface area contributed by atoms with Gasteiger partial charge < -0.3 is 24.5 Å². The van der Waals surface area contributed by atoms with Gasteiger partial charge in [0.05, 0.1) is 27.2 Å². The lowest BCUT2D eigenvalue weighted by Gasteiger charge is -2.32. The van der Waals surface area contributed by atoms with Crippen molar-refractivity contribution >= 4 is 7.82 Å². The number of rotatable bonds is 6. The van der Waals surface area contributed by atoms with E-state index in [1.807, 2.05) is 0 Å². The fourth-order valence-corrected chi connectivity index (χ4v) is 1.77. The summed E-state index contributed by atoms with van der Waals surface area (Å²) in [5.74, 6) is 0. The molecule has 0 aromatic rings. The Morgan fingerprint density at radius 3 is 1.94 bits per heavy atom. The molecule has 3 atom stereocenters. The SMILES string of the molecule is CC(O)C(O)C(C[N+](C)(C)C)OP(=O)(O)O. The fourth-order valence-electron chi connectivity index (χ4n) is 1.23. The van der Waals surface area contributed by atoms with Gasteiger partial charge in [-0.2, -0.15) is 0 Å². The maximum Gasteiger partial charge on any atom is 0.470 e. The molecule has 0 heterocycles. The zero-order chi connectivity index (χ0) is 13.1. The normalized spacial score (nSPS) is 19.2. The number of hydrogen-bond acceptors (Lipinski definition) is 4. The van der Waals surface area contributed by atoms with E-state index in [1.165, 1.54) is 6.92 Å². The molecule has 98 valence electrons. The zero-order valence-electron chi connectivity index (χ0n) is 9.94. The zero-order valence-corrected chi connectivity index (χ0v) is 10.8. The summed E-state index contributed by atoms with van der Waals surface area (Å²) in [7, 11) is 0.665. The molecule has 8 heteroatoms. The molecule has 0 aliphatic heterocycles. The van der Waals surface area contributed by atoms with E-state index in [0.717, 1.165) is 0 Å². The molecular formula is C8H21NO6P+. The van der Waals surface area contributed by atoms with Gasteiger partial charge in [-0.05, 0) is 6.92 Å². The van der Waals surface area contributed by atoms with E-state index >= 15 is 0 Å². The molecule has 0 aromatic carbocycles. The second-order valence-electron chi connectivity index (χ2n) is 4.84. The molecule has 0 aliphatic carbocycles. The first kappa shape index (κ1) is 16.0. The summed E-state index contributed by atoms with van der Waals surface area (Å²) in [6, 6.07) is 0. The highest BCUT2D eigenvalue weighted by molar-refractivity contribution is 7.46. The Morgan fingerprint density at radius 2 is 1.69 bits per heavy atom. The molecule has 0 rings (SSSR count). The Bertz CT molecular complexity index is 258. The minimum absolute atomic E-state index is 0.164. The van der Waals surface area contributed by atoms with E-state index in [2.05, 4.69) is 4.52 Å². The monoisotopic (exact) mass is 258 g/mol. The molecule has 7 nitrogen and oxygen atoms in total. The van der Waals surface area contributed by atoms with Gasteiger partial charge in [-0.15, -0.1) is 0 Å². The lowest BCUT2D eigenvalue weighted by atomic mass is 10.1. The van der Waals surface area contributed by atoms with Crippen molar-refractivity contribution in [2.24, 2.45) is 0 Å². The van der Waals surface area contributed by atoms with Crippen LogP contribution in [0, 0.1) is 0 Å². The number of aliphatic hydroxyl groups excluding tert-OH is 2. The Kier molecular flexibility index (Phi) is 5.55. The smallest absolute Gasteiger partial charge is 0.391 e. The predicted octanol–water partition coefficient (Wildman–Crippen LogP) is -1.09. The highest BCUT2D eigenvalue weighted by Gasteiger charge is 2.34. The first-order valence-corrected chi connectivity index (χ1v) is 6.36. The highest BCUT2D eigenvalue weighted by atomic mass is 31.2. The molecule has 0 saturated carbocycles. The molecule has 0 fully saturated rings. The predicted molar refractivity (Wildman–Crippen MR) is 57.5 cm³/mol. The van der Waals surface area contributed by atoms with Crippen LogP contribution >= 0.6 is 7.82 Å². The van der Waals surface area contributed by atoms with Gasteiger partial charge in [0.1, 0.15) is 18.8 Å². The minimum Gasteiger partial charge on any atom is -0.391 e. The van der Waals surface area contributed by atoms with Crippen LogP contribution in [0.2, 0.25) is 0 Å². The van der Waals surface area contributed by atoms with Crippen molar-refractivity contribution < 1.29 is 33.6 Å². The number of aliphatic hydroxyl groups is 2. The summed E-state index contributed by atoms with van der Waals surface area (Å²) in [6.45, 7) is 1.49. The third-order valence-electron chi connectivity index (χ3n) is 1.88. The van der Waals surface area contributed by atoms with Crippen LogP contribution in [0.15, 0.2) is 0 Å². The second kappa shape index (κ2) is 5.55. The van der Waals surface area contributed by atoms with Gasteiger partial charge in [0.15, 0.2) is 0 Å². The Balaban J connectivity index is 4.71. The van der Waals surface area contributed by atoms with Crippen molar-refractivity contribution in [3.05, 3.63) is 0 Å². The van der Waals surface area contributed by atoms with Crippen LogP contribution in [0.4, 0.5) is 0 Å². The maximum atomic E-state index is 10.7. The fraction of sp³-hybridized carbons (Fsp3) is 1.00. The summed E-state index contributed by atoms with van der Waals surface area (Å²) in [6.07, 6.45) is -3.59. The van der Waals surface area contributed by atoms with E-state index in [0.29, 0.717) is 4.48 Å². The Hall–Kier alpha value is -0.0100. The standard InChI is InChI=1S/C8H20NO6P/c1-6(10)8(11)7(5-9(2,3)4)15-16(12,13)14/h6-8,10-11H,5H2,1-4H3,(H-,12,13,14)/p+1. The van der Waals surface area contributed by atoms with Crippen LogP contribution in [0.1, 0.15) is 6.92 Å².